The lowest BCUT2D eigenvalue weighted by molar-refractivity contribution is -0.146. The highest BCUT2D eigenvalue weighted by molar-refractivity contribution is 5.95. The fraction of sp³-hybridized carbons (Fsp3) is 0.500. The summed E-state index contributed by atoms with van der Waals surface area (Å²) in [4.78, 5) is 39.5. The predicted molar refractivity (Wildman–Crippen MR) is 89.5 cm³/mol. The molecule has 6 heteroatoms. The van der Waals surface area contributed by atoms with Crippen molar-refractivity contribution >= 4 is 17.8 Å². The highest BCUT2D eigenvalue weighted by atomic mass is 16.5. The zero-order valence-electron chi connectivity index (χ0n) is 14.3. The summed E-state index contributed by atoms with van der Waals surface area (Å²) in [6.07, 6.45) is 0.263. The molecule has 130 valence electrons. The lowest BCUT2D eigenvalue weighted by Crippen LogP contribution is -2.50. The van der Waals surface area contributed by atoms with Gasteiger partial charge in [0.25, 0.3) is 5.91 Å². The fourth-order valence-corrected chi connectivity index (χ4v) is 2.74. The van der Waals surface area contributed by atoms with Crippen LogP contribution >= 0.6 is 0 Å². The number of piperazine rings is 1. The average Bonchev–Trinajstić information content (AvgIpc) is 2.60. The van der Waals surface area contributed by atoms with Crippen LogP contribution in [0.1, 0.15) is 35.7 Å². The first kappa shape index (κ1) is 18.0. The Morgan fingerprint density at radius 2 is 1.62 bits per heavy atom. The number of esters is 1. The van der Waals surface area contributed by atoms with E-state index in [1.165, 1.54) is 0 Å². The Bertz CT molecular complexity index is 607. The van der Waals surface area contributed by atoms with Crippen molar-refractivity contribution in [3.05, 3.63) is 35.4 Å². The zero-order valence-corrected chi connectivity index (χ0v) is 14.3. The van der Waals surface area contributed by atoms with Crippen molar-refractivity contribution in [2.24, 2.45) is 0 Å². The highest BCUT2D eigenvalue weighted by Crippen LogP contribution is 2.13. The molecule has 2 amide bonds. The summed E-state index contributed by atoms with van der Waals surface area (Å²) in [5.41, 5.74) is 1.66. The largest absolute Gasteiger partial charge is 0.466 e. The molecule has 1 aliphatic rings. The summed E-state index contributed by atoms with van der Waals surface area (Å²) in [6.45, 7) is 6.01. The van der Waals surface area contributed by atoms with Crippen LogP contribution in [0.25, 0.3) is 0 Å². The number of amides is 2. The van der Waals surface area contributed by atoms with E-state index >= 15 is 0 Å². The second kappa shape index (κ2) is 8.47. The van der Waals surface area contributed by atoms with Crippen LogP contribution in [0, 0.1) is 6.92 Å². The maximum absolute atomic E-state index is 12.5. The molecule has 0 aromatic heterocycles. The Morgan fingerprint density at radius 1 is 1.00 bits per heavy atom. The molecule has 0 saturated carbocycles. The van der Waals surface area contributed by atoms with Crippen LogP contribution in [-0.4, -0.2) is 60.4 Å². The first-order valence-corrected chi connectivity index (χ1v) is 8.31. The van der Waals surface area contributed by atoms with Crippen LogP contribution in [0.3, 0.4) is 0 Å². The normalized spacial score (nSPS) is 14.4. The summed E-state index contributed by atoms with van der Waals surface area (Å²) in [7, 11) is 0. The molecule has 6 nitrogen and oxygen atoms in total. The third kappa shape index (κ3) is 4.57. The minimum atomic E-state index is -0.348. The SMILES string of the molecule is CCOC(=O)CCC(=O)N1CCN(C(=O)c2ccccc2C)CC1. The smallest absolute Gasteiger partial charge is 0.306 e. The average molecular weight is 332 g/mol. The van der Waals surface area contributed by atoms with Gasteiger partial charge in [0, 0.05) is 38.2 Å². The van der Waals surface area contributed by atoms with Gasteiger partial charge in [-0.15, -0.1) is 0 Å². The van der Waals surface area contributed by atoms with Crippen LogP contribution in [0.5, 0.6) is 0 Å². The van der Waals surface area contributed by atoms with Gasteiger partial charge in [-0.05, 0) is 25.5 Å². The minimum absolute atomic E-state index is 0.00622. The van der Waals surface area contributed by atoms with Gasteiger partial charge in [-0.25, -0.2) is 0 Å². The number of hydrogen-bond donors (Lipinski definition) is 0. The van der Waals surface area contributed by atoms with Gasteiger partial charge < -0.3 is 14.5 Å². The summed E-state index contributed by atoms with van der Waals surface area (Å²) in [5, 5.41) is 0. The third-order valence-corrected chi connectivity index (χ3v) is 4.14. The van der Waals surface area contributed by atoms with Crippen LogP contribution in [-0.2, 0) is 14.3 Å². The van der Waals surface area contributed by atoms with Crippen molar-refractivity contribution in [2.45, 2.75) is 26.7 Å². The van der Waals surface area contributed by atoms with Crippen LogP contribution < -0.4 is 0 Å². The molecular weight excluding hydrogens is 308 g/mol. The maximum Gasteiger partial charge on any atom is 0.306 e. The lowest BCUT2D eigenvalue weighted by Gasteiger charge is -2.35. The summed E-state index contributed by atoms with van der Waals surface area (Å²) >= 11 is 0. The van der Waals surface area contributed by atoms with Crippen molar-refractivity contribution in [3.63, 3.8) is 0 Å². The third-order valence-electron chi connectivity index (χ3n) is 4.14. The molecule has 0 radical (unpaired) electrons. The van der Waals surface area contributed by atoms with Crippen molar-refractivity contribution in [1.29, 1.82) is 0 Å². The van der Waals surface area contributed by atoms with Gasteiger partial charge >= 0.3 is 5.97 Å². The Kier molecular flexibility index (Phi) is 6.35. The topological polar surface area (TPSA) is 66.9 Å². The standard InChI is InChI=1S/C18H24N2O4/c1-3-24-17(22)9-8-16(21)19-10-12-20(13-11-19)18(23)15-7-5-4-6-14(15)2/h4-7H,3,8-13H2,1-2H3. The Balaban J connectivity index is 1.83. The van der Waals surface area contributed by atoms with E-state index in [2.05, 4.69) is 0 Å². The van der Waals surface area contributed by atoms with Gasteiger partial charge in [-0.1, -0.05) is 18.2 Å². The van der Waals surface area contributed by atoms with E-state index in [-0.39, 0.29) is 30.6 Å². The van der Waals surface area contributed by atoms with Crippen LogP contribution in [0.2, 0.25) is 0 Å². The molecule has 1 aromatic rings. The summed E-state index contributed by atoms with van der Waals surface area (Å²) in [6, 6.07) is 7.51. The number of rotatable bonds is 5. The molecule has 0 bridgehead atoms. The number of nitrogens with zero attached hydrogens (tertiary/aromatic N) is 2. The first-order chi connectivity index (χ1) is 11.5. The van der Waals surface area contributed by atoms with Crippen molar-refractivity contribution in [2.75, 3.05) is 32.8 Å². The second-order valence-corrected chi connectivity index (χ2v) is 5.79. The molecule has 0 spiro atoms. The van der Waals surface area contributed by atoms with Crippen molar-refractivity contribution in [1.82, 2.24) is 9.80 Å². The molecule has 0 unspecified atom stereocenters. The second-order valence-electron chi connectivity index (χ2n) is 5.79. The summed E-state index contributed by atoms with van der Waals surface area (Å²) in [5.74, 6) is -0.406. The highest BCUT2D eigenvalue weighted by Gasteiger charge is 2.25. The molecule has 0 atom stereocenters. The lowest BCUT2D eigenvalue weighted by atomic mass is 10.1. The maximum atomic E-state index is 12.5. The van der Waals surface area contributed by atoms with E-state index in [4.69, 9.17) is 4.74 Å². The van der Waals surface area contributed by atoms with Gasteiger partial charge in [-0.3, -0.25) is 14.4 Å². The fourth-order valence-electron chi connectivity index (χ4n) is 2.74. The first-order valence-electron chi connectivity index (χ1n) is 8.31. The van der Waals surface area contributed by atoms with Crippen molar-refractivity contribution in [3.8, 4) is 0 Å². The molecule has 2 rings (SSSR count). The molecular formula is C18H24N2O4. The van der Waals surface area contributed by atoms with Gasteiger partial charge in [0.2, 0.25) is 5.91 Å². The number of benzene rings is 1. The molecule has 0 N–H and O–H groups in total. The number of hydrogen-bond acceptors (Lipinski definition) is 4. The molecule has 1 aromatic carbocycles. The van der Waals surface area contributed by atoms with Crippen LogP contribution in [0.15, 0.2) is 24.3 Å². The Labute approximate surface area is 142 Å². The van der Waals surface area contributed by atoms with Gasteiger partial charge in [-0.2, -0.15) is 0 Å². The molecule has 1 heterocycles. The van der Waals surface area contributed by atoms with E-state index in [0.29, 0.717) is 38.3 Å². The van der Waals surface area contributed by atoms with E-state index in [0.717, 1.165) is 5.56 Å². The zero-order chi connectivity index (χ0) is 17.5. The molecule has 24 heavy (non-hydrogen) atoms. The number of aryl methyl sites for hydroxylation is 1. The van der Waals surface area contributed by atoms with Gasteiger partial charge in [0.1, 0.15) is 0 Å². The Hall–Kier alpha value is -2.37. The minimum Gasteiger partial charge on any atom is -0.466 e. The molecule has 1 fully saturated rings. The van der Waals surface area contributed by atoms with E-state index < -0.39 is 0 Å². The van der Waals surface area contributed by atoms with E-state index in [1.54, 1.807) is 16.7 Å². The Morgan fingerprint density at radius 3 is 2.25 bits per heavy atom. The quantitative estimate of drug-likeness (QED) is 0.769. The number of carbonyl (C=O) groups is 3. The molecule has 1 saturated heterocycles. The number of carbonyl (C=O) groups excluding carboxylic acids is 3. The van der Waals surface area contributed by atoms with Gasteiger partial charge in [0.05, 0.1) is 13.0 Å². The van der Waals surface area contributed by atoms with Gasteiger partial charge in [0.15, 0.2) is 0 Å². The number of ether oxygens (including phenoxy) is 1. The van der Waals surface area contributed by atoms with E-state index in [1.807, 2.05) is 31.2 Å². The van der Waals surface area contributed by atoms with Crippen molar-refractivity contribution < 1.29 is 19.1 Å². The van der Waals surface area contributed by atoms with Crippen LogP contribution in [0.4, 0.5) is 0 Å². The molecule has 0 aliphatic carbocycles. The molecule has 1 aliphatic heterocycles. The summed E-state index contributed by atoms with van der Waals surface area (Å²) < 4.78 is 4.83. The monoisotopic (exact) mass is 332 g/mol. The predicted octanol–water partition coefficient (Wildman–Crippen LogP) is 1.62. The van der Waals surface area contributed by atoms with E-state index in [9.17, 15) is 14.4 Å².